The molecular weight excluding hydrogens is 341 g/mol. The van der Waals surface area contributed by atoms with Crippen LogP contribution in [-0.2, 0) is 4.74 Å². The van der Waals surface area contributed by atoms with Crippen LogP contribution in [0.25, 0.3) is 0 Å². The Morgan fingerprint density at radius 2 is 2.39 bits per heavy atom. The minimum atomic E-state index is 0.463. The van der Waals surface area contributed by atoms with Crippen molar-refractivity contribution in [1.29, 1.82) is 0 Å². The van der Waals surface area contributed by atoms with Crippen LogP contribution in [0.1, 0.15) is 18.4 Å². The summed E-state index contributed by atoms with van der Waals surface area (Å²) in [5.74, 6) is 1.00. The van der Waals surface area contributed by atoms with Crippen molar-refractivity contribution in [2.75, 3.05) is 26.3 Å². The summed E-state index contributed by atoms with van der Waals surface area (Å²) in [6.07, 6.45) is 2.90. The minimum absolute atomic E-state index is 0.463. The van der Waals surface area contributed by atoms with Crippen molar-refractivity contribution in [3.8, 4) is 5.75 Å². The van der Waals surface area contributed by atoms with Crippen molar-refractivity contribution >= 4 is 22.6 Å². The van der Waals surface area contributed by atoms with Crippen LogP contribution in [-0.4, -0.2) is 32.4 Å². The zero-order valence-electron chi connectivity index (χ0n) is 10.8. The van der Waals surface area contributed by atoms with Gasteiger partial charge in [-0.25, -0.2) is 0 Å². The standard InChI is InChI=1S/C14H20INO2/c1-11-9-12(15)4-5-14(11)18-8-6-16-10-13-3-2-7-17-13/h4-5,9,13,16H,2-3,6-8,10H2,1H3/p+1/t13-/m0/s1. The van der Waals surface area contributed by atoms with Crippen LogP contribution in [0.15, 0.2) is 18.2 Å². The van der Waals surface area contributed by atoms with Crippen LogP contribution in [0.4, 0.5) is 0 Å². The number of ether oxygens (including phenoxy) is 2. The topological polar surface area (TPSA) is 35.1 Å². The zero-order valence-corrected chi connectivity index (χ0v) is 13.0. The molecule has 0 unspecified atom stereocenters. The van der Waals surface area contributed by atoms with Crippen molar-refractivity contribution in [2.45, 2.75) is 25.9 Å². The van der Waals surface area contributed by atoms with E-state index in [2.05, 4.69) is 53.0 Å². The fourth-order valence-corrected chi connectivity index (χ4v) is 2.81. The molecular formula is C14H21INO2+. The predicted octanol–water partition coefficient (Wildman–Crippen LogP) is 1.72. The van der Waals surface area contributed by atoms with E-state index < -0.39 is 0 Å². The minimum Gasteiger partial charge on any atom is -0.487 e. The molecule has 1 aliphatic heterocycles. The van der Waals surface area contributed by atoms with Crippen molar-refractivity contribution in [1.82, 2.24) is 0 Å². The van der Waals surface area contributed by atoms with E-state index in [4.69, 9.17) is 9.47 Å². The molecule has 2 N–H and O–H groups in total. The van der Waals surface area contributed by atoms with Gasteiger partial charge < -0.3 is 14.8 Å². The molecule has 0 amide bonds. The molecule has 0 spiro atoms. The molecule has 1 atom stereocenters. The quantitative estimate of drug-likeness (QED) is 0.618. The molecule has 0 aliphatic carbocycles. The first-order chi connectivity index (χ1) is 8.75. The second kappa shape index (κ2) is 7.31. The molecule has 100 valence electrons. The molecule has 1 heterocycles. The lowest BCUT2D eigenvalue weighted by molar-refractivity contribution is -0.661. The molecule has 1 aliphatic rings. The van der Waals surface area contributed by atoms with Crippen molar-refractivity contribution in [2.24, 2.45) is 0 Å². The molecule has 4 heteroatoms. The third-order valence-corrected chi connectivity index (χ3v) is 3.84. The zero-order chi connectivity index (χ0) is 12.8. The van der Waals surface area contributed by atoms with Gasteiger partial charge in [0.1, 0.15) is 31.5 Å². The molecule has 2 rings (SSSR count). The van der Waals surface area contributed by atoms with Crippen LogP contribution < -0.4 is 10.1 Å². The Morgan fingerprint density at radius 3 is 3.11 bits per heavy atom. The average Bonchev–Trinajstić information content (AvgIpc) is 2.84. The molecule has 1 saturated heterocycles. The lowest BCUT2D eigenvalue weighted by Crippen LogP contribution is -2.87. The molecule has 18 heavy (non-hydrogen) atoms. The summed E-state index contributed by atoms with van der Waals surface area (Å²) in [5, 5.41) is 2.29. The van der Waals surface area contributed by atoms with Gasteiger partial charge in [-0.05, 0) is 66.1 Å². The monoisotopic (exact) mass is 362 g/mol. The highest BCUT2D eigenvalue weighted by Crippen LogP contribution is 2.19. The number of hydrogen-bond donors (Lipinski definition) is 1. The van der Waals surface area contributed by atoms with Crippen molar-refractivity contribution in [3.63, 3.8) is 0 Å². The Labute approximate surface area is 122 Å². The number of hydrogen-bond acceptors (Lipinski definition) is 2. The van der Waals surface area contributed by atoms with E-state index >= 15 is 0 Å². The van der Waals surface area contributed by atoms with E-state index in [9.17, 15) is 0 Å². The Hall–Kier alpha value is -0.330. The van der Waals surface area contributed by atoms with Gasteiger partial charge in [0.05, 0.1) is 0 Å². The van der Waals surface area contributed by atoms with Crippen LogP contribution in [0, 0.1) is 10.5 Å². The van der Waals surface area contributed by atoms with Crippen LogP contribution in [0.2, 0.25) is 0 Å². The third-order valence-electron chi connectivity index (χ3n) is 3.17. The van der Waals surface area contributed by atoms with Gasteiger partial charge in [0.2, 0.25) is 0 Å². The summed E-state index contributed by atoms with van der Waals surface area (Å²) in [4.78, 5) is 0. The van der Waals surface area contributed by atoms with Gasteiger partial charge in [0.15, 0.2) is 0 Å². The first kappa shape index (κ1) is 14.1. The van der Waals surface area contributed by atoms with E-state index in [1.807, 2.05) is 0 Å². The van der Waals surface area contributed by atoms with Crippen LogP contribution in [0.3, 0.4) is 0 Å². The summed E-state index contributed by atoms with van der Waals surface area (Å²) in [5.41, 5.74) is 1.21. The summed E-state index contributed by atoms with van der Waals surface area (Å²) >= 11 is 2.32. The SMILES string of the molecule is Cc1cc(I)ccc1OCC[NH2+]C[C@@H]1CCCO1. The fraction of sp³-hybridized carbons (Fsp3) is 0.571. The summed E-state index contributed by atoms with van der Waals surface area (Å²) in [6.45, 7) is 5.85. The van der Waals surface area contributed by atoms with E-state index in [1.165, 1.54) is 22.0 Å². The Balaban J connectivity index is 1.62. The molecule has 0 saturated carbocycles. The maximum atomic E-state index is 5.78. The average molecular weight is 362 g/mol. The number of aryl methyl sites for hydroxylation is 1. The molecule has 1 aromatic rings. The van der Waals surface area contributed by atoms with E-state index in [-0.39, 0.29) is 0 Å². The highest BCUT2D eigenvalue weighted by atomic mass is 127. The first-order valence-electron chi connectivity index (χ1n) is 6.58. The summed E-state index contributed by atoms with van der Waals surface area (Å²) in [7, 11) is 0. The maximum absolute atomic E-state index is 5.78. The first-order valence-corrected chi connectivity index (χ1v) is 7.66. The van der Waals surface area contributed by atoms with Gasteiger partial charge in [0.25, 0.3) is 0 Å². The van der Waals surface area contributed by atoms with E-state index in [1.54, 1.807) is 0 Å². The maximum Gasteiger partial charge on any atom is 0.137 e. The van der Waals surface area contributed by atoms with Crippen LogP contribution in [0.5, 0.6) is 5.75 Å². The fourth-order valence-electron chi connectivity index (χ4n) is 2.16. The van der Waals surface area contributed by atoms with Crippen molar-refractivity contribution < 1.29 is 14.8 Å². The number of benzene rings is 1. The summed E-state index contributed by atoms with van der Waals surface area (Å²) < 4.78 is 12.6. The Morgan fingerprint density at radius 1 is 1.50 bits per heavy atom. The van der Waals surface area contributed by atoms with E-state index in [0.717, 1.165) is 32.1 Å². The van der Waals surface area contributed by atoms with Gasteiger partial charge in [-0.2, -0.15) is 0 Å². The van der Waals surface area contributed by atoms with Crippen molar-refractivity contribution in [3.05, 3.63) is 27.3 Å². The lowest BCUT2D eigenvalue weighted by atomic mass is 10.2. The molecule has 1 fully saturated rings. The third kappa shape index (κ3) is 4.40. The van der Waals surface area contributed by atoms with Gasteiger partial charge in [-0.15, -0.1) is 0 Å². The van der Waals surface area contributed by atoms with Gasteiger partial charge in [-0.1, -0.05) is 0 Å². The predicted molar refractivity (Wildman–Crippen MR) is 80.0 cm³/mol. The second-order valence-corrected chi connectivity index (χ2v) is 5.95. The highest BCUT2D eigenvalue weighted by Gasteiger charge is 2.16. The smallest absolute Gasteiger partial charge is 0.137 e. The number of halogens is 1. The number of rotatable bonds is 6. The molecule has 0 radical (unpaired) electrons. The molecule has 0 aromatic heterocycles. The van der Waals surface area contributed by atoms with Gasteiger partial charge in [0, 0.05) is 10.2 Å². The second-order valence-electron chi connectivity index (χ2n) is 4.71. The molecule has 3 nitrogen and oxygen atoms in total. The van der Waals surface area contributed by atoms with Gasteiger partial charge >= 0.3 is 0 Å². The lowest BCUT2D eigenvalue weighted by Gasteiger charge is -2.10. The highest BCUT2D eigenvalue weighted by molar-refractivity contribution is 14.1. The Kier molecular flexibility index (Phi) is 5.72. The molecule has 0 bridgehead atoms. The number of nitrogens with two attached hydrogens (primary N) is 1. The normalized spacial score (nSPS) is 19.1. The largest absolute Gasteiger partial charge is 0.487 e. The number of quaternary nitrogens is 1. The van der Waals surface area contributed by atoms with Crippen LogP contribution >= 0.6 is 22.6 Å². The summed E-state index contributed by atoms with van der Waals surface area (Å²) in [6, 6.07) is 6.28. The van der Waals surface area contributed by atoms with E-state index in [0.29, 0.717) is 6.10 Å². The molecule has 1 aromatic carbocycles. The Bertz CT molecular complexity index is 378. The van der Waals surface area contributed by atoms with Gasteiger partial charge in [-0.3, -0.25) is 0 Å².